The van der Waals surface area contributed by atoms with Crippen molar-refractivity contribution in [1.82, 2.24) is 5.32 Å². The maximum Gasteiger partial charge on any atom is 0.326 e. The zero-order chi connectivity index (χ0) is 14.4. The Labute approximate surface area is 110 Å². The van der Waals surface area contributed by atoms with E-state index in [1.807, 2.05) is 0 Å². The van der Waals surface area contributed by atoms with Crippen molar-refractivity contribution in [3.8, 4) is 0 Å². The highest BCUT2D eigenvalue weighted by Gasteiger charge is 2.18. The SMILES string of the molecule is CCC(NC(=O)c1ccc(NC(C)=O)cc1)C(=O)O. The molecule has 2 amide bonds. The predicted octanol–water partition coefficient (Wildman–Crippen LogP) is 1.24. The minimum absolute atomic E-state index is 0.200. The minimum Gasteiger partial charge on any atom is -0.480 e. The van der Waals surface area contributed by atoms with Crippen LogP contribution in [0.5, 0.6) is 0 Å². The Kier molecular flexibility index (Phi) is 5.05. The third-order valence-corrected chi connectivity index (χ3v) is 2.48. The van der Waals surface area contributed by atoms with Gasteiger partial charge in [0.1, 0.15) is 6.04 Å². The van der Waals surface area contributed by atoms with E-state index in [4.69, 9.17) is 5.11 Å². The van der Waals surface area contributed by atoms with Gasteiger partial charge >= 0.3 is 5.97 Å². The van der Waals surface area contributed by atoms with Crippen molar-refractivity contribution in [2.75, 3.05) is 5.32 Å². The lowest BCUT2D eigenvalue weighted by Gasteiger charge is -2.12. The molecule has 0 saturated carbocycles. The molecule has 1 unspecified atom stereocenters. The lowest BCUT2D eigenvalue weighted by Crippen LogP contribution is -2.40. The van der Waals surface area contributed by atoms with Gasteiger partial charge in [0.05, 0.1) is 0 Å². The van der Waals surface area contributed by atoms with Crippen LogP contribution in [0.2, 0.25) is 0 Å². The fourth-order valence-electron chi connectivity index (χ4n) is 1.49. The third kappa shape index (κ3) is 4.42. The molecule has 19 heavy (non-hydrogen) atoms. The van der Waals surface area contributed by atoms with Crippen LogP contribution in [-0.4, -0.2) is 28.9 Å². The van der Waals surface area contributed by atoms with Gasteiger partial charge in [0.15, 0.2) is 0 Å². The second-order valence-corrected chi connectivity index (χ2v) is 4.03. The molecule has 0 heterocycles. The molecule has 0 spiro atoms. The summed E-state index contributed by atoms with van der Waals surface area (Å²) in [6, 6.07) is 5.31. The summed E-state index contributed by atoms with van der Waals surface area (Å²) in [5, 5.41) is 13.8. The van der Waals surface area contributed by atoms with Gasteiger partial charge in [0.2, 0.25) is 5.91 Å². The first-order valence-electron chi connectivity index (χ1n) is 5.85. The molecule has 0 aliphatic carbocycles. The lowest BCUT2D eigenvalue weighted by molar-refractivity contribution is -0.139. The van der Waals surface area contributed by atoms with E-state index in [-0.39, 0.29) is 5.91 Å². The highest BCUT2D eigenvalue weighted by atomic mass is 16.4. The third-order valence-electron chi connectivity index (χ3n) is 2.48. The topological polar surface area (TPSA) is 95.5 Å². The molecule has 1 aromatic rings. The van der Waals surface area contributed by atoms with E-state index in [0.717, 1.165) is 0 Å². The molecule has 0 saturated heterocycles. The summed E-state index contributed by atoms with van der Waals surface area (Å²) < 4.78 is 0. The van der Waals surface area contributed by atoms with E-state index in [9.17, 15) is 14.4 Å². The number of hydrogen-bond acceptors (Lipinski definition) is 3. The number of aliphatic carboxylic acids is 1. The van der Waals surface area contributed by atoms with Crippen molar-refractivity contribution in [2.24, 2.45) is 0 Å². The number of amides is 2. The fraction of sp³-hybridized carbons (Fsp3) is 0.308. The molecular formula is C13H16N2O4. The zero-order valence-corrected chi connectivity index (χ0v) is 10.8. The first-order chi connectivity index (χ1) is 8.93. The van der Waals surface area contributed by atoms with Crippen molar-refractivity contribution in [3.05, 3.63) is 29.8 Å². The number of anilines is 1. The molecule has 1 rings (SSSR count). The average Bonchev–Trinajstić information content (AvgIpc) is 2.35. The number of carbonyl (C=O) groups excluding carboxylic acids is 2. The van der Waals surface area contributed by atoms with E-state index in [2.05, 4.69) is 10.6 Å². The maximum atomic E-state index is 11.8. The molecular weight excluding hydrogens is 248 g/mol. The molecule has 6 nitrogen and oxygen atoms in total. The Morgan fingerprint density at radius 3 is 2.21 bits per heavy atom. The number of benzene rings is 1. The van der Waals surface area contributed by atoms with Gasteiger partial charge in [-0.25, -0.2) is 4.79 Å². The van der Waals surface area contributed by atoms with E-state index >= 15 is 0 Å². The minimum atomic E-state index is -1.06. The van der Waals surface area contributed by atoms with E-state index in [1.54, 1.807) is 19.1 Å². The van der Waals surface area contributed by atoms with Crippen LogP contribution in [0, 0.1) is 0 Å². The number of rotatable bonds is 5. The molecule has 102 valence electrons. The summed E-state index contributed by atoms with van der Waals surface area (Å²) in [5.41, 5.74) is 0.920. The monoisotopic (exact) mass is 264 g/mol. The normalized spacial score (nSPS) is 11.5. The Morgan fingerprint density at radius 2 is 1.79 bits per heavy atom. The van der Waals surface area contributed by atoms with Crippen molar-refractivity contribution in [2.45, 2.75) is 26.3 Å². The van der Waals surface area contributed by atoms with Crippen molar-refractivity contribution in [3.63, 3.8) is 0 Å². The summed E-state index contributed by atoms with van der Waals surface area (Å²) in [4.78, 5) is 33.4. The van der Waals surface area contributed by atoms with Crippen LogP contribution in [0.3, 0.4) is 0 Å². The smallest absolute Gasteiger partial charge is 0.326 e. The Balaban J connectivity index is 2.72. The molecule has 6 heteroatoms. The molecule has 1 aromatic carbocycles. The first kappa shape index (κ1) is 14.7. The molecule has 0 aliphatic rings. The molecule has 0 bridgehead atoms. The van der Waals surface area contributed by atoms with E-state index in [0.29, 0.717) is 17.7 Å². The van der Waals surface area contributed by atoms with Crippen LogP contribution < -0.4 is 10.6 Å². The van der Waals surface area contributed by atoms with Gasteiger partial charge in [0, 0.05) is 18.2 Å². The van der Waals surface area contributed by atoms with Gasteiger partial charge in [-0.1, -0.05) is 6.92 Å². The van der Waals surface area contributed by atoms with Crippen LogP contribution in [-0.2, 0) is 9.59 Å². The van der Waals surface area contributed by atoms with Gasteiger partial charge < -0.3 is 15.7 Å². The number of hydrogen-bond donors (Lipinski definition) is 3. The van der Waals surface area contributed by atoms with Crippen LogP contribution in [0.4, 0.5) is 5.69 Å². The fourth-order valence-corrected chi connectivity index (χ4v) is 1.49. The maximum absolute atomic E-state index is 11.8. The summed E-state index contributed by atoms with van der Waals surface area (Å²) in [7, 11) is 0. The lowest BCUT2D eigenvalue weighted by atomic mass is 10.1. The Morgan fingerprint density at radius 1 is 1.21 bits per heavy atom. The van der Waals surface area contributed by atoms with Gasteiger partial charge in [0.25, 0.3) is 5.91 Å². The molecule has 0 aliphatic heterocycles. The summed E-state index contributed by atoms with van der Waals surface area (Å²) >= 11 is 0. The second kappa shape index (κ2) is 6.53. The molecule has 0 aromatic heterocycles. The highest BCUT2D eigenvalue weighted by molar-refractivity contribution is 5.97. The quantitative estimate of drug-likeness (QED) is 0.745. The number of carbonyl (C=O) groups is 3. The molecule has 3 N–H and O–H groups in total. The van der Waals surface area contributed by atoms with Crippen molar-refractivity contribution in [1.29, 1.82) is 0 Å². The zero-order valence-electron chi connectivity index (χ0n) is 10.8. The van der Waals surface area contributed by atoms with Gasteiger partial charge in [-0.15, -0.1) is 0 Å². The van der Waals surface area contributed by atoms with Crippen molar-refractivity contribution >= 4 is 23.5 Å². The van der Waals surface area contributed by atoms with Crippen LogP contribution in [0.15, 0.2) is 24.3 Å². The van der Waals surface area contributed by atoms with Gasteiger partial charge in [-0.2, -0.15) is 0 Å². The summed E-state index contributed by atoms with van der Waals surface area (Å²) in [6.45, 7) is 3.07. The largest absolute Gasteiger partial charge is 0.480 e. The number of nitrogens with one attached hydrogen (secondary N) is 2. The second-order valence-electron chi connectivity index (χ2n) is 4.03. The Hall–Kier alpha value is -2.37. The van der Waals surface area contributed by atoms with Gasteiger partial charge in [-0.3, -0.25) is 9.59 Å². The van der Waals surface area contributed by atoms with Crippen molar-refractivity contribution < 1.29 is 19.5 Å². The summed E-state index contributed by atoms with van der Waals surface area (Å²) in [6.07, 6.45) is 0.311. The highest BCUT2D eigenvalue weighted by Crippen LogP contribution is 2.09. The number of carboxylic acids is 1. The van der Waals surface area contributed by atoms with Gasteiger partial charge in [-0.05, 0) is 30.7 Å². The van der Waals surface area contributed by atoms with Crippen LogP contribution >= 0.6 is 0 Å². The predicted molar refractivity (Wildman–Crippen MR) is 69.9 cm³/mol. The Bertz CT molecular complexity index is 482. The van der Waals surface area contributed by atoms with Crippen LogP contribution in [0.1, 0.15) is 30.6 Å². The number of carboxylic acid groups (broad SMARTS) is 1. The molecule has 0 fully saturated rings. The summed E-state index contributed by atoms with van der Waals surface area (Å²) in [5.74, 6) is -1.72. The van der Waals surface area contributed by atoms with Crippen LogP contribution in [0.25, 0.3) is 0 Å². The first-order valence-corrected chi connectivity index (χ1v) is 5.85. The molecule has 1 atom stereocenters. The average molecular weight is 264 g/mol. The van der Waals surface area contributed by atoms with E-state index in [1.165, 1.54) is 19.1 Å². The molecule has 0 radical (unpaired) electrons. The standard InChI is InChI=1S/C13H16N2O4/c1-3-11(13(18)19)15-12(17)9-4-6-10(7-5-9)14-8(2)16/h4-7,11H,3H2,1-2H3,(H,14,16)(H,15,17)(H,18,19). The van der Waals surface area contributed by atoms with E-state index < -0.39 is 17.9 Å².